The van der Waals surface area contributed by atoms with Gasteiger partial charge in [0.05, 0.1) is 12.2 Å². The van der Waals surface area contributed by atoms with Crippen molar-refractivity contribution in [3.05, 3.63) is 57.8 Å². The van der Waals surface area contributed by atoms with Gasteiger partial charge in [-0.15, -0.1) is 0 Å². The van der Waals surface area contributed by atoms with Gasteiger partial charge in [0, 0.05) is 16.6 Å². The molecule has 108 valence electrons. The van der Waals surface area contributed by atoms with Crippen molar-refractivity contribution in [3.63, 3.8) is 0 Å². The molecule has 21 heavy (non-hydrogen) atoms. The molecular formula is C16H14BrFN2O. The van der Waals surface area contributed by atoms with Crippen LogP contribution in [0.5, 0.6) is 0 Å². The van der Waals surface area contributed by atoms with Crippen LogP contribution in [0.3, 0.4) is 0 Å². The maximum atomic E-state index is 13.5. The fraction of sp³-hybridized carbons (Fsp3) is 0.188. The Balaban J connectivity index is 1.98. The van der Waals surface area contributed by atoms with E-state index in [1.807, 2.05) is 6.07 Å². The molecular weight excluding hydrogens is 335 g/mol. The van der Waals surface area contributed by atoms with Gasteiger partial charge in [-0.1, -0.05) is 28.1 Å². The highest BCUT2D eigenvalue weighted by Gasteiger charge is 2.25. The number of nitrogens with zero attached hydrogens (tertiary/aromatic N) is 1. The molecule has 2 N–H and O–H groups in total. The second-order valence-electron chi connectivity index (χ2n) is 5.10. The van der Waals surface area contributed by atoms with E-state index in [0.717, 1.165) is 15.6 Å². The number of carbonyl (C=O) groups is 1. The van der Waals surface area contributed by atoms with Gasteiger partial charge in [0.15, 0.2) is 0 Å². The summed E-state index contributed by atoms with van der Waals surface area (Å²) in [5, 5.41) is 0. The lowest BCUT2D eigenvalue weighted by Crippen LogP contribution is -2.34. The topological polar surface area (TPSA) is 46.3 Å². The summed E-state index contributed by atoms with van der Waals surface area (Å²) in [5.41, 5.74) is 8.98. The van der Waals surface area contributed by atoms with Crippen LogP contribution < -0.4 is 10.6 Å². The summed E-state index contributed by atoms with van der Waals surface area (Å²) in [7, 11) is 0. The van der Waals surface area contributed by atoms with Crippen molar-refractivity contribution in [2.45, 2.75) is 19.4 Å². The van der Waals surface area contributed by atoms with Crippen molar-refractivity contribution < 1.29 is 9.18 Å². The van der Waals surface area contributed by atoms with Crippen LogP contribution in [0, 0.1) is 5.82 Å². The van der Waals surface area contributed by atoms with Crippen molar-refractivity contribution in [3.8, 4) is 0 Å². The second kappa shape index (κ2) is 5.48. The normalized spacial score (nSPS) is 14.2. The Labute approximate surface area is 130 Å². The number of rotatable bonds is 2. The molecule has 1 aliphatic rings. The van der Waals surface area contributed by atoms with Crippen LogP contribution in [0.1, 0.15) is 17.5 Å². The lowest BCUT2D eigenvalue weighted by atomic mass is 10.0. The third-order valence-electron chi connectivity index (χ3n) is 3.65. The predicted molar refractivity (Wildman–Crippen MR) is 84.5 cm³/mol. The van der Waals surface area contributed by atoms with Gasteiger partial charge in [-0.25, -0.2) is 4.39 Å². The number of fused-ring (bicyclic) bond motifs is 1. The monoisotopic (exact) mass is 348 g/mol. The van der Waals surface area contributed by atoms with Gasteiger partial charge in [-0.05, 0) is 41.8 Å². The maximum absolute atomic E-state index is 13.5. The highest BCUT2D eigenvalue weighted by molar-refractivity contribution is 9.10. The lowest BCUT2D eigenvalue weighted by molar-refractivity contribution is -0.119. The third-order valence-corrected chi connectivity index (χ3v) is 4.39. The van der Waals surface area contributed by atoms with Crippen LogP contribution in [0.2, 0.25) is 0 Å². The molecule has 0 spiro atoms. The minimum atomic E-state index is -0.329. The smallest absolute Gasteiger partial charge is 0.227 e. The molecule has 0 bridgehead atoms. The first kappa shape index (κ1) is 14.1. The predicted octanol–water partition coefficient (Wildman–Crippen LogP) is 3.65. The summed E-state index contributed by atoms with van der Waals surface area (Å²) >= 11 is 3.46. The molecule has 0 saturated carbocycles. The van der Waals surface area contributed by atoms with Crippen LogP contribution in [-0.4, -0.2) is 5.91 Å². The number of hydrogen-bond donors (Lipinski definition) is 1. The number of carbonyl (C=O) groups excluding carboxylic acids is 1. The molecule has 3 nitrogen and oxygen atoms in total. The maximum Gasteiger partial charge on any atom is 0.227 e. The number of nitrogens with two attached hydrogens (primary N) is 1. The lowest BCUT2D eigenvalue weighted by Gasteiger charge is -2.30. The summed E-state index contributed by atoms with van der Waals surface area (Å²) in [4.78, 5) is 13.9. The third kappa shape index (κ3) is 2.78. The van der Waals surface area contributed by atoms with Crippen molar-refractivity contribution in [2.24, 2.45) is 0 Å². The molecule has 0 unspecified atom stereocenters. The summed E-state index contributed by atoms with van der Waals surface area (Å²) < 4.78 is 14.3. The van der Waals surface area contributed by atoms with E-state index in [0.29, 0.717) is 30.8 Å². The minimum absolute atomic E-state index is 0.0109. The molecule has 2 aromatic rings. The fourth-order valence-corrected chi connectivity index (χ4v) is 3.07. The zero-order chi connectivity index (χ0) is 15.0. The molecule has 1 amide bonds. The molecule has 3 rings (SSSR count). The van der Waals surface area contributed by atoms with Gasteiger partial charge in [-0.2, -0.15) is 0 Å². The molecule has 0 saturated heterocycles. The van der Waals surface area contributed by atoms with E-state index in [9.17, 15) is 9.18 Å². The van der Waals surface area contributed by atoms with E-state index >= 15 is 0 Å². The van der Waals surface area contributed by atoms with Gasteiger partial charge in [0.25, 0.3) is 0 Å². The molecule has 5 heteroatoms. The number of nitrogen functional groups attached to an aromatic ring is 1. The summed E-state index contributed by atoms with van der Waals surface area (Å²) in [5.74, 6) is -0.318. The van der Waals surface area contributed by atoms with E-state index in [-0.39, 0.29) is 11.7 Å². The van der Waals surface area contributed by atoms with Gasteiger partial charge >= 0.3 is 0 Å². The summed E-state index contributed by atoms with van der Waals surface area (Å²) in [6.07, 6.45) is 1.11. The highest BCUT2D eigenvalue weighted by Crippen LogP contribution is 2.31. The van der Waals surface area contributed by atoms with Crippen LogP contribution in [0.4, 0.5) is 15.8 Å². The number of halogens is 2. The molecule has 0 aromatic heterocycles. The fourth-order valence-electron chi connectivity index (χ4n) is 2.55. The van der Waals surface area contributed by atoms with Crippen molar-refractivity contribution >= 4 is 33.2 Å². The van der Waals surface area contributed by atoms with Gasteiger partial charge in [0.1, 0.15) is 5.82 Å². The van der Waals surface area contributed by atoms with Crippen molar-refractivity contribution in [1.29, 1.82) is 0 Å². The van der Waals surface area contributed by atoms with E-state index in [4.69, 9.17) is 5.73 Å². The average molecular weight is 349 g/mol. The molecule has 0 aliphatic carbocycles. The average Bonchev–Trinajstić information content (AvgIpc) is 2.44. The first-order chi connectivity index (χ1) is 10.0. The van der Waals surface area contributed by atoms with E-state index in [1.165, 1.54) is 12.1 Å². The van der Waals surface area contributed by atoms with Crippen molar-refractivity contribution in [1.82, 2.24) is 0 Å². The molecule has 0 atom stereocenters. The van der Waals surface area contributed by atoms with Crippen LogP contribution in [0.25, 0.3) is 0 Å². The van der Waals surface area contributed by atoms with Crippen molar-refractivity contribution in [2.75, 3.05) is 10.6 Å². The zero-order valence-corrected chi connectivity index (χ0v) is 12.9. The first-order valence-corrected chi connectivity index (χ1v) is 7.46. The van der Waals surface area contributed by atoms with Gasteiger partial charge < -0.3 is 10.6 Å². The number of anilines is 2. The van der Waals surface area contributed by atoms with Crippen LogP contribution in [-0.2, 0) is 17.8 Å². The van der Waals surface area contributed by atoms with Gasteiger partial charge in [0.2, 0.25) is 5.91 Å². The number of benzene rings is 2. The molecule has 0 fully saturated rings. The Hall–Kier alpha value is -1.88. The summed E-state index contributed by atoms with van der Waals surface area (Å²) in [6.45, 7) is 0.399. The second-order valence-corrected chi connectivity index (χ2v) is 5.96. The van der Waals surface area contributed by atoms with Crippen LogP contribution in [0.15, 0.2) is 40.9 Å². The molecule has 0 radical (unpaired) electrons. The van der Waals surface area contributed by atoms with Crippen LogP contribution >= 0.6 is 15.9 Å². The van der Waals surface area contributed by atoms with E-state index in [2.05, 4.69) is 15.9 Å². The Bertz CT molecular complexity index is 717. The Morgan fingerprint density at radius 1 is 1.19 bits per heavy atom. The zero-order valence-electron chi connectivity index (χ0n) is 11.3. The molecule has 2 aromatic carbocycles. The number of aryl methyl sites for hydroxylation is 1. The molecule has 1 aliphatic heterocycles. The Morgan fingerprint density at radius 2 is 2.00 bits per heavy atom. The Kier molecular flexibility index (Phi) is 3.68. The first-order valence-electron chi connectivity index (χ1n) is 6.67. The quantitative estimate of drug-likeness (QED) is 0.842. The largest absolute Gasteiger partial charge is 0.399 e. The molecule has 1 heterocycles. The number of amides is 1. The van der Waals surface area contributed by atoms with Gasteiger partial charge in [-0.3, -0.25) is 4.79 Å². The summed E-state index contributed by atoms with van der Waals surface area (Å²) in [6, 6.07) is 10.1. The number of hydrogen-bond acceptors (Lipinski definition) is 2. The minimum Gasteiger partial charge on any atom is -0.399 e. The highest BCUT2D eigenvalue weighted by atomic mass is 79.9. The Morgan fingerprint density at radius 3 is 2.76 bits per heavy atom. The van der Waals surface area contributed by atoms with E-state index in [1.54, 1.807) is 23.1 Å². The standard InChI is InChI=1S/C16H14BrFN2O/c17-14-8-13(19)5-2-11(14)9-20-15-7-12(18)4-1-10(15)3-6-16(20)21/h1-2,4-5,7-8H,3,6,9,19H2. The van der Waals surface area contributed by atoms with E-state index < -0.39 is 0 Å². The SMILES string of the molecule is Nc1ccc(CN2C(=O)CCc3ccc(F)cc32)c(Br)c1.